The number of hydrogen-bond acceptors (Lipinski definition) is 6. The van der Waals surface area contributed by atoms with E-state index >= 15 is 0 Å². The van der Waals surface area contributed by atoms with Gasteiger partial charge in [0.2, 0.25) is 0 Å². The minimum atomic E-state index is -0.365. The van der Waals surface area contributed by atoms with E-state index in [4.69, 9.17) is 9.47 Å². The first-order valence-electron chi connectivity index (χ1n) is 8.49. The monoisotopic (exact) mass is 358 g/mol. The van der Waals surface area contributed by atoms with Crippen LogP contribution in [0.25, 0.3) is 0 Å². The third-order valence-electron chi connectivity index (χ3n) is 4.18. The Labute approximate surface area is 151 Å². The lowest BCUT2D eigenvalue weighted by molar-refractivity contribution is 0.0358. The zero-order valence-electron chi connectivity index (χ0n) is 14.7. The molecule has 8 nitrogen and oxygen atoms in total. The predicted molar refractivity (Wildman–Crippen MR) is 96.7 cm³/mol. The van der Waals surface area contributed by atoms with Crippen LogP contribution in [0.15, 0.2) is 41.2 Å². The summed E-state index contributed by atoms with van der Waals surface area (Å²) in [5, 5.41) is 6.96. The molecule has 1 saturated heterocycles. The molecule has 0 atom stereocenters. The fourth-order valence-corrected chi connectivity index (χ4v) is 2.66. The second-order valence-corrected chi connectivity index (χ2v) is 5.92. The van der Waals surface area contributed by atoms with Crippen LogP contribution in [0, 0.1) is 0 Å². The smallest absolute Gasteiger partial charge is 0.276 e. The summed E-state index contributed by atoms with van der Waals surface area (Å²) in [6.07, 6.45) is 0. The quantitative estimate of drug-likeness (QED) is 0.823. The van der Waals surface area contributed by atoms with Gasteiger partial charge in [-0.05, 0) is 30.3 Å². The molecule has 3 rings (SSSR count). The molecular formula is C18H22N4O4. The van der Waals surface area contributed by atoms with Crippen LogP contribution < -0.4 is 15.6 Å². The van der Waals surface area contributed by atoms with Crippen molar-refractivity contribution in [2.24, 2.45) is 0 Å². The van der Waals surface area contributed by atoms with Crippen molar-refractivity contribution < 1.29 is 14.3 Å². The molecule has 1 aliphatic rings. The molecule has 26 heavy (non-hydrogen) atoms. The fourth-order valence-electron chi connectivity index (χ4n) is 2.66. The Morgan fingerprint density at radius 2 is 1.88 bits per heavy atom. The normalized spacial score (nSPS) is 14.8. The van der Waals surface area contributed by atoms with E-state index in [9.17, 15) is 9.59 Å². The predicted octanol–water partition coefficient (Wildman–Crippen LogP) is 0.836. The number of amides is 1. The first kappa shape index (κ1) is 18.1. The summed E-state index contributed by atoms with van der Waals surface area (Å²) in [7, 11) is 1.58. The molecule has 138 valence electrons. The fraction of sp³-hybridized carbons (Fsp3) is 0.389. The highest BCUT2D eigenvalue weighted by Gasteiger charge is 2.13. The summed E-state index contributed by atoms with van der Waals surface area (Å²) >= 11 is 0. The number of aromatic nitrogens is 2. The van der Waals surface area contributed by atoms with Crippen molar-refractivity contribution in [2.45, 2.75) is 6.54 Å². The Balaban J connectivity index is 1.65. The Morgan fingerprint density at radius 1 is 1.15 bits per heavy atom. The van der Waals surface area contributed by atoms with Crippen LogP contribution in [0.3, 0.4) is 0 Å². The van der Waals surface area contributed by atoms with Crippen LogP contribution in [0.5, 0.6) is 5.75 Å². The molecule has 0 unspecified atom stereocenters. The number of anilines is 1. The van der Waals surface area contributed by atoms with E-state index in [2.05, 4.69) is 15.3 Å². The molecule has 1 fully saturated rings. The molecule has 0 radical (unpaired) electrons. The van der Waals surface area contributed by atoms with Gasteiger partial charge in [-0.25, -0.2) is 4.68 Å². The largest absolute Gasteiger partial charge is 0.497 e. The van der Waals surface area contributed by atoms with Crippen LogP contribution in [0.1, 0.15) is 10.5 Å². The van der Waals surface area contributed by atoms with Gasteiger partial charge in [0.05, 0.1) is 26.9 Å². The molecule has 1 aromatic heterocycles. The van der Waals surface area contributed by atoms with Gasteiger partial charge in [-0.2, -0.15) is 5.10 Å². The molecule has 1 amide bonds. The third-order valence-corrected chi connectivity index (χ3v) is 4.18. The van der Waals surface area contributed by atoms with Crippen molar-refractivity contribution in [3.63, 3.8) is 0 Å². The number of ether oxygens (including phenoxy) is 2. The Kier molecular flexibility index (Phi) is 5.98. The maximum absolute atomic E-state index is 12.4. The number of nitrogens with one attached hydrogen (secondary N) is 1. The second kappa shape index (κ2) is 8.59. The SMILES string of the molecule is COc1ccc(NC(=O)c2ccc(=O)n(CCN3CCOCC3)n2)cc1. The lowest BCUT2D eigenvalue weighted by Crippen LogP contribution is -2.39. The molecule has 1 aromatic carbocycles. The summed E-state index contributed by atoms with van der Waals surface area (Å²) in [6, 6.07) is 9.80. The van der Waals surface area contributed by atoms with E-state index in [0.29, 0.717) is 37.7 Å². The average molecular weight is 358 g/mol. The highest BCUT2D eigenvalue weighted by Crippen LogP contribution is 2.15. The topological polar surface area (TPSA) is 85.7 Å². The van der Waals surface area contributed by atoms with Gasteiger partial charge < -0.3 is 14.8 Å². The number of methoxy groups -OCH3 is 1. The minimum Gasteiger partial charge on any atom is -0.497 e. The molecule has 0 bridgehead atoms. The molecule has 0 saturated carbocycles. The summed E-state index contributed by atoms with van der Waals surface area (Å²) in [4.78, 5) is 26.6. The van der Waals surface area contributed by atoms with Gasteiger partial charge in [0.25, 0.3) is 11.5 Å². The van der Waals surface area contributed by atoms with E-state index in [-0.39, 0.29) is 17.2 Å². The third kappa shape index (κ3) is 4.68. The van der Waals surface area contributed by atoms with E-state index in [1.807, 2.05) is 0 Å². The van der Waals surface area contributed by atoms with E-state index in [1.165, 1.54) is 16.8 Å². The van der Waals surface area contributed by atoms with Crippen molar-refractivity contribution in [3.05, 3.63) is 52.4 Å². The number of carbonyl (C=O) groups is 1. The molecular weight excluding hydrogens is 336 g/mol. The van der Waals surface area contributed by atoms with Crippen LogP contribution in [0.4, 0.5) is 5.69 Å². The van der Waals surface area contributed by atoms with Gasteiger partial charge in [-0.1, -0.05) is 0 Å². The molecule has 2 aromatic rings. The lowest BCUT2D eigenvalue weighted by Gasteiger charge is -2.26. The summed E-state index contributed by atoms with van der Waals surface area (Å²) in [5.74, 6) is 0.341. The highest BCUT2D eigenvalue weighted by molar-refractivity contribution is 6.02. The first-order valence-corrected chi connectivity index (χ1v) is 8.49. The highest BCUT2D eigenvalue weighted by atomic mass is 16.5. The van der Waals surface area contributed by atoms with E-state index in [1.54, 1.807) is 31.4 Å². The average Bonchev–Trinajstić information content (AvgIpc) is 2.68. The number of rotatable bonds is 6. The Morgan fingerprint density at radius 3 is 2.58 bits per heavy atom. The zero-order chi connectivity index (χ0) is 18.4. The van der Waals surface area contributed by atoms with Gasteiger partial charge in [-0.3, -0.25) is 14.5 Å². The van der Waals surface area contributed by atoms with Crippen molar-refractivity contribution in [3.8, 4) is 5.75 Å². The Hall–Kier alpha value is -2.71. The van der Waals surface area contributed by atoms with Crippen molar-refractivity contribution in [1.82, 2.24) is 14.7 Å². The number of carbonyl (C=O) groups excluding carboxylic acids is 1. The maximum atomic E-state index is 12.4. The van der Waals surface area contributed by atoms with Crippen LogP contribution in [0.2, 0.25) is 0 Å². The lowest BCUT2D eigenvalue weighted by atomic mass is 10.3. The molecule has 2 heterocycles. The van der Waals surface area contributed by atoms with Gasteiger partial charge in [-0.15, -0.1) is 0 Å². The first-order chi connectivity index (χ1) is 12.7. The second-order valence-electron chi connectivity index (χ2n) is 5.92. The summed E-state index contributed by atoms with van der Waals surface area (Å²) in [6.45, 7) is 4.21. The zero-order valence-corrected chi connectivity index (χ0v) is 14.7. The minimum absolute atomic E-state index is 0.197. The standard InChI is InChI=1S/C18H22N4O4/c1-25-15-4-2-14(3-5-15)19-18(24)16-6-7-17(23)22(20-16)9-8-21-10-12-26-13-11-21/h2-7H,8-13H2,1H3,(H,19,24). The Bertz CT molecular complexity index is 798. The van der Waals surface area contributed by atoms with Crippen molar-refractivity contribution in [1.29, 1.82) is 0 Å². The van der Waals surface area contributed by atoms with Crippen LogP contribution in [-0.4, -0.2) is 60.5 Å². The molecule has 0 spiro atoms. The molecule has 1 N–H and O–H groups in total. The van der Waals surface area contributed by atoms with Gasteiger partial charge in [0.15, 0.2) is 0 Å². The van der Waals surface area contributed by atoms with Crippen LogP contribution >= 0.6 is 0 Å². The molecule has 0 aliphatic carbocycles. The van der Waals surface area contributed by atoms with E-state index < -0.39 is 0 Å². The summed E-state index contributed by atoms with van der Waals surface area (Å²) in [5.41, 5.74) is 0.602. The number of benzene rings is 1. The van der Waals surface area contributed by atoms with Gasteiger partial charge in [0, 0.05) is 31.4 Å². The van der Waals surface area contributed by atoms with Crippen molar-refractivity contribution >= 4 is 11.6 Å². The van der Waals surface area contributed by atoms with Gasteiger partial charge in [0.1, 0.15) is 11.4 Å². The molecule has 8 heteroatoms. The van der Waals surface area contributed by atoms with Crippen LogP contribution in [-0.2, 0) is 11.3 Å². The summed E-state index contributed by atoms with van der Waals surface area (Å²) < 4.78 is 11.7. The van der Waals surface area contributed by atoms with Crippen molar-refractivity contribution in [2.75, 3.05) is 45.3 Å². The maximum Gasteiger partial charge on any atom is 0.276 e. The number of hydrogen-bond donors (Lipinski definition) is 1. The van der Waals surface area contributed by atoms with Gasteiger partial charge >= 0.3 is 0 Å². The van der Waals surface area contributed by atoms with E-state index in [0.717, 1.165) is 13.1 Å². The number of nitrogens with zero attached hydrogens (tertiary/aromatic N) is 3. The molecule has 1 aliphatic heterocycles. The number of morpholine rings is 1.